The van der Waals surface area contributed by atoms with Gasteiger partial charge in [-0.2, -0.15) is 0 Å². The number of esters is 1. The predicted octanol–water partition coefficient (Wildman–Crippen LogP) is 4.02. The lowest BCUT2D eigenvalue weighted by molar-refractivity contribution is -0.178. The predicted molar refractivity (Wildman–Crippen MR) is 160 cm³/mol. The highest BCUT2D eigenvalue weighted by atomic mass is 16.5. The van der Waals surface area contributed by atoms with Gasteiger partial charge in [0, 0.05) is 44.2 Å². The Hall–Kier alpha value is -3.92. The van der Waals surface area contributed by atoms with Crippen molar-refractivity contribution < 1.29 is 33.1 Å². The molecule has 3 amide bonds. The molecular weight excluding hydrogens is 562 g/mol. The summed E-state index contributed by atoms with van der Waals surface area (Å²) in [7, 11) is 1.37. The highest BCUT2D eigenvalue weighted by Gasteiger charge is 2.60. The quantitative estimate of drug-likeness (QED) is 0.440. The van der Waals surface area contributed by atoms with Gasteiger partial charge in [0.05, 0.1) is 32.1 Å². The standard InChI is InChI=1S/C34H41N3O7/c1-23-34(33(41)42-2)21-26(19-30(38)35-14-16-36(17-15-35)32(40)27-13-8-18-43-27)31(39)37(22-24-9-4-3-5-10-24)29(34)20-28(44-23)25-11-6-7-12-25/h3-5,8-10,13,18,20,23,25-26,28H,6-7,11-12,14-17,19,21-22H2,1-2H3/t23-,26+,28-,34+/m1/s1. The average molecular weight is 604 g/mol. The third-order valence-electron chi connectivity index (χ3n) is 9.98. The first-order chi connectivity index (χ1) is 21.3. The minimum Gasteiger partial charge on any atom is -0.468 e. The number of carbonyl (C=O) groups excluding carboxylic acids is 4. The van der Waals surface area contributed by atoms with Crippen molar-refractivity contribution in [1.29, 1.82) is 0 Å². The van der Waals surface area contributed by atoms with Crippen LogP contribution in [0.4, 0.5) is 0 Å². The summed E-state index contributed by atoms with van der Waals surface area (Å²) in [5.41, 5.74) is 0.357. The molecule has 1 aliphatic carbocycles. The first-order valence-corrected chi connectivity index (χ1v) is 15.7. The van der Waals surface area contributed by atoms with Crippen LogP contribution in [0.3, 0.4) is 0 Å². The number of fused-ring (bicyclic) bond motifs is 1. The van der Waals surface area contributed by atoms with Crippen LogP contribution >= 0.6 is 0 Å². The average Bonchev–Trinajstić information content (AvgIpc) is 3.79. The number of hydrogen-bond acceptors (Lipinski definition) is 7. The molecule has 1 aromatic heterocycles. The van der Waals surface area contributed by atoms with Gasteiger partial charge in [0.2, 0.25) is 11.8 Å². The van der Waals surface area contributed by atoms with E-state index in [1.54, 1.807) is 26.8 Å². The molecule has 0 N–H and O–H groups in total. The van der Waals surface area contributed by atoms with Crippen LogP contribution < -0.4 is 0 Å². The zero-order valence-electron chi connectivity index (χ0n) is 25.5. The minimum atomic E-state index is -1.22. The molecule has 3 aliphatic heterocycles. The Balaban J connectivity index is 1.26. The molecule has 0 spiro atoms. The van der Waals surface area contributed by atoms with Crippen LogP contribution in [0, 0.1) is 17.3 Å². The summed E-state index contributed by atoms with van der Waals surface area (Å²) in [5.74, 6) is -1.12. The summed E-state index contributed by atoms with van der Waals surface area (Å²) < 4.78 is 17.2. The molecule has 4 atom stereocenters. The first-order valence-electron chi connectivity index (χ1n) is 15.7. The Morgan fingerprint density at radius 3 is 2.34 bits per heavy atom. The lowest BCUT2D eigenvalue weighted by Gasteiger charge is -2.52. The number of carbonyl (C=O) groups is 4. The molecule has 10 nitrogen and oxygen atoms in total. The fourth-order valence-corrected chi connectivity index (χ4v) is 7.53. The van der Waals surface area contributed by atoms with Gasteiger partial charge in [0.25, 0.3) is 5.91 Å². The van der Waals surface area contributed by atoms with Crippen molar-refractivity contribution in [1.82, 2.24) is 14.7 Å². The summed E-state index contributed by atoms with van der Waals surface area (Å²) in [6.07, 6.45) is 7.22. The smallest absolute Gasteiger partial charge is 0.320 e. The second kappa shape index (κ2) is 12.6. The van der Waals surface area contributed by atoms with E-state index in [2.05, 4.69) is 0 Å². The van der Waals surface area contributed by atoms with Crippen LogP contribution in [0.1, 0.15) is 61.6 Å². The van der Waals surface area contributed by atoms with E-state index >= 15 is 0 Å². The number of likely N-dealkylation sites (tertiary alicyclic amines) is 1. The molecule has 3 fully saturated rings. The minimum absolute atomic E-state index is 0.0406. The van der Waals surface area contributed by atoms with Crippen LogP contribution in [0.5, 0.6) is 0 Å². The van der Waals surface area contributed by atoms with Gasteiger partial charge in [-0.25, -0.2) is 0 Å². The van der Waals surface area contributed by atoms with Crippen molar-refractivity contribution in [3.63, 3.8) is 0 Å². The number of nitrogens with zero attached hydrogens (tertiary/aromatic N) is 3. The summed E-state index contributed by atoms with van der Waals surface area (Å²) >= 11 is 0. The molecule has 234 valence electrons. The fourth-order valence-electron chi connectivity index (χ4n) is 7.53. The van der Waals surface area contributed by atoms with Gasteiger partial charge in [0.15, 0.2) is 5.76 Å². The highest BCUT2D eigenvalue weighted by molar-refractivity contribution is 5.93. The maximum atomic E-state index is 14.3. The third kappa shape index (κ3) is 5.56. The molecule has 0 unspecified atom stereocenters. The molecule has 1 aromatic carbocycles. The van der Waals surface area contributed by atoms with E-state index in [9.17, 15) is 19.2 Å². The van der Waals surface area contributed by atoms with Gasteiger partial charge < -0.3 is 28.6 Å². The number of amides is 3. The number of rotatable bonds is 7. The van der Waals surface area contributed by atoms with Crippen LogP contribution in [0.25, 0.3) is 0 Å². The van der Waals surface area contributed by atoms with E-state index in [1.165, 1.54) is 13.4 Å². The van der Waals surface area contributed by atoms with E-state index in [-0.39, 0.29) is 49.0 Å². The fraction of sp³-hybridized carbons (Fsp3) is 0.529. The normalized spacial score (nSPS) is 27.6. The van der Waals surface area contributed by atoms with E-state index in [4.69, 9.17) is 13.9 Å². The number of methoxy groups -OCH3 is 1. The molecule has 2 aromatic rings. The molecule has 0 bridgehead atoms. The van der Waals surface area contributed by atoms with Crippen molar-refractivity contribution >= 4 is 23.7 Å². The van der Waals surface area contributed by atoms with Gasteiger partial charge in [-0.1, -0.05) is 43.2 Å². The molecule has 10 heteroatoms. The Bertz CT molecular complexity index is 1390. The van der Waals surface area contributed by atoms with Gasteiger partial charge in [-0.3, -0.25) is 19.2 Å². The second-order valence-corrected chi connectivity index (χ2v) is 12.5. The Kier molecular flexibility index (Phi) is 8.62. The zero-order chi connectivity index (χ0) is 30.8. The number of hydrogen-bond donors (Lipinski definition) is 0. The Morgan fingerprint density at radius 1 is 0.977 bits per heavy atom. The van der Waals surface area contributed by atoms with Crippen molar-refractivity contribution in [3.05, 3.63) is 71.8 Å². The van der Waals surface area contributed by atoms with E-state index < -0.39 is 23.4 Å². The molecule has 0 radical (unpaired) electrons. The molecule has 1 saturated carbocycles. The van der Waals surface area contributed by atoms with Crippen LogP contribution in [0.2, 0.25) is 0 Å². The second-order valence-electron chi connectivity index (χ2n) is 12.5. The summed E-state index contributed by atoms with van der Waals surface area (Å²) in [5, 5.41) is 0. The zero-order valence-corrected chi connectivity index (χ0v) is 25.5. The number of furan rings is 1. The summed E-state index contributed by atoms with van der Waals surface area (Å²) in [4.78, 5) is 59.5. The number of ether oxygens (including phenoxy) is 2. The number of piperidine rings is 1. The van der Waals surface area contributed by atoms with E-state index in [1.807, 2.05) is 43.3 Å². The lowest BCUT2D eigenvalue weighted by atomic mass is 9.66. The Morgan fingerprint density at radius 2 is 1.68 bits per heavy atom. The van der Waals surface area contributed by atoms with Crippen molar-refractivity contribution in [3.8, 4) is 0 Å². The van der Waals surface area contributed by atoms with E-state index in [0.717, 1.165) is 31.2 Å². The number of benzene rings is 1. The monoisotopic (exact) mass is 603 g/mol. The van der Waals surface area contributed by atoms with Crippen LogP contribution in [0.15, 0.2) is 64.9 Å². The van der Waals surface area contributed by atoms with Crippen molar-refractivity contribution in [2.24, 2.45) is 17.3 Å². The number of piperazine rings is 1. The van der Waals surface area contributed by atoms with Crippen molar-refractivity contribution in [2.45, 2.75) is 64.2 Å². The Labute approximate surface area is 257 Å². The SMILES string of the molecule is COC(=O)[C@]12C[C@H](CC(=O)N3CCN(C(=O)c4ccco4)CC3)C(=O)N(Cc3ccccc3)C1=C[C@H](C1CCCC1)O[C@@H]2C. The van der Waals surface area contributed by atoms with E-state index in [0.29, 0.717) is 37.8 Å². The molecule has 4 aliphatic rings. The van der Waals surface area contributed by atoms with Gasteiger partial charge in [0.1, 0.15) is 5.41 Å². The molecular formula is C34H41N3O7. The molecule has 44 heavy (non-hydrogen) atoms. The van der Waals surface area contributed by atoms with Gasteiger partial charge in [-0.05, 0) is 55.9 Å². The van der Waals surface area contributed by atoms with Gasteiger partial charge >= 0.3 is 5.97 Å². The van der Waals surface area contributed by atoms with Crippen LogP contribution in [-0.2, 0) is 30.4 Å². The van der Waals surface area contributed by atoms with Crippen LogP contribution in [-0.4, -0.2) is 83.9 Å². The molecule has 6 rings (SSSR count). The molecule has 4 heterocycles. The maximum absolute atomic E-state index is 14.3. The third-order valence-corrected chi connectivity index (χ3v) is 9.98. The first kappa shape index (κ1) is 30.1. The van der Waals surface area contributed by atoms with Crippen molar-refractivity contribution in [2.75, 3.05) is 33.3 Å². The lowest BCUT2D eigenvalue weighted by Crippen LogP contribution is -2.60. The molecule has 2 saturated heterocycles. The topological polar surface area (TPSA) is 110 Å². The summed E-state index contributed by atoms with van der Waals surface area (Å²) in [6, 6.07) is 13.0. The highest BCUT2D eigenvalue weighted by Crippen LogP contribution is 2.52. The van der Waals surface area contributed by atoms with Gasteiger partial charge in [-0.15, -0.1) is 0 Å². The summed E-state index contributed by atoms with van der Waals surface area (Å²) in [6.45, 7) is 3.64. The maximum Gasteiger partial charge on any atom is 0.320 e. The largest absolute Gasteiger partial charge is 0.468 e.